The molecule has 1 N–H and O–H groups in total. The topological polar surface area (TPSA) is 33.7 Å². The molecule has 2 bridgehead atoms. The highest BCUT2D eigenvalue weighted by molar-refractivity contribution is 5.40. The smallest absolute Gasteiger partial charge is 0.123 e. The number of ether oxygens (including phenoxy) is 2. The van der Waals surface area contributed by atoms with Gasteiger partial charge in [0.15, 0.2) is 0 Å². The molecule has 4 nitrogen and oxygen atoms in total. The number of piperidine rings is 3. The Morgan fingerprint density at radius 2 is 1.77 bits per heavy atom. The average molecular weight is 352 g/mol. The Bertz CT molecular complexity index is 726. The van der Waals surface area contributed by atoms with Gasteiger partial charge in [0.1, 0.15) is 11.5 Å². The molecule has 5 rings (SSSR count). The number of nitrogens with zero attached hydrogens (tertiary/aromatic N) is 1. The van der Waals surface area contributed by atoms with Crippen molar-refractivity contribution >= 4 is 0 Å². The highest BCUT2D eigenvalue weighted by atomic mass is 16.5. The average Bonchev–Trinajstić information content (AvgIpc) is 2.73. The maximum Gasteiger partial charge on any atom is 0.123 e. The van der Waals surface area contributed by atoms with E-state index in [1.807, 2.05) is 12.1 Å². The summed E-state index contributed by atoms with van der Waals surface area (Å²) in [4.78, 5) is 2.65. The summed E-state index contributed by atoms with van der Waals surface area (Å²) in [5.74, 6) is 2.52. The van der Waals surface area contributed by atoms with Crippen molar-refractivity contribution in [2.45, 2.75) is 31.5 Å². The van der Waals surface area contributed by atoms with Gasteiger partial charge in [0, 0.05) is 18.2 Å². The van der Waals surface area contributed by atoms with Crippen molar-refractivity contribution in [1.29, 1.82) is 0 Å². The summed E-state index contributed by atoms with van der Waals surface area (Å²) in [6.45, 7) is 3.22. The van der Waals surface area contributed by atoms with Crippen molar-refractivity contribution in [3.05, 3.63) is 59.7 Å². The van der Waals surface area contributed by atoms with Crippen LogP contribution in [0.2, 0.25) is 0 Å². The van der Waals surface area contributed by atoms with Crippen molar-refractivity contribution < 1.29 is 9.47 Å². The zero-order valence-electron chi connectivity index (χ0n) is 15.7. The summed E-state index contributed by atoms with van der Waals surface area (Å²) in [7, 11) is 3.43. The highest BCUT2D eigenvalue weighted by Gasteiger charge is 2.42. The van der Waals surface area contributed by atoms with E-state index in [2.05, 4.69) is 46.6 Å². The van der Waals surface area contributed by atoms with Gasteiger partial charge < -0.3 is 14.8 Å². The third-order valence-corrected chi connectivity index (χ3v) is 5.97. The summed E-state index contributed by atoms with van der Waals surface area (Å²) in [6.07, 6.45) is 2.58. The summed E-state index contributed by atoms with van der Waals surface area (Å²) < 4.78 is 10.9. The first-order valence-corrected chi connectivity index (χ1v) is 9.53. The molecule has 3 fully saturated rings. The second kappa shape index (κ2) is 7.68. The van der Waals surface area contributed by atoms with E-state index in [1.165, 1.54) is 31.5 Å². The lowest BCUT2D eigenvalue weighted by Crippen LogP contribution is -2.57. The maximum absolute atomic E-state index is 5.55. The maximum atomic E-state index is 5.55. The zero-order chi connectivity index (χ0) is 17.9. The molecule has 3 saturated heterocycles. The van der Waals surface area contributed by atoms with E-state index in [9.17, 15) is 0 Å². The van der Waals surface area contributed by atoms with Gasteiger partial charge in [0.25, 0.3) is 0 Å². The minimum atomic E-state index is 0.459. The van der Waals surface area contributed by atoms with Gasteiger partial charge in [-0.2, -0.15) is 0 Å². The van der Waals surface area contributed by atoms with Crippen LogP contribution in [0, 0.1) is 5.92 Å². The van der Waals surface area contributed by atoms with Crippen LogP contribution >= 0.6 is 0 Å². The molecule has 0 spiro atoms. The zero-order valence-corrected chi connectivity index (χ0v) is 15.7. The second-order valence-corrected chi connectivity index (χ2v) is 7.31. The number of hydrogen-bond donors (Lipinski definition) is 1. The van der Waals surface area contributed by atoms with Gasteiger partial charge in [-0.3, -0.25) is 4.90 Å². The monoisotopic (exact) mass is 352 g/mol. The molecule has 0 aliphatic carbocycles. The van der Waals surface area contributed by atoms with Crippen LogP contribution < -0.4 is 14.8 Å². The van der Waals surface area contributed by atoms with Crippen LogP contribution in [-0.4, -0.2) is 38.3 Å². The molecule has 3 heterocycles. The van der Waals surface area contributed by atoms with Crippen molar-refractivity contribution in [2.75, 3.05) is 27.3 Å². The van der Waals surface area contributed by atoms with Gasteiger partial charge in [0.05, 0.1) is 20.3 Å². The lowest BCUT2D eigenvalue weighted by atomic mass is 9.76. The minimum absolute atomic E-state index is 0.459. The quantitative estimate of drug-likeness (QED) is 0.861. The number of rotatable bonds is 6. The number of hydrogen-bond acceptors (Lipinski definition) is 4. The Morgan fingerprint density at radius 1 is 1.00 bits per heavy atom. The Balaban J connectivity index is 1.56. The largest absolute Gasteiger partial charge is 0.497 e. The third kappa shape index (κ3) is 3.31. The Morgan fingerprint density at radius 3 is 2.46 bits per heavy atom. The van der Waals surface area contributed by atoms with Gasteiger partial charge in [0.2, 0.25) is 0 Å². The Labute approximate surface area is 156 Å². The lowest BCUT2D eigenvalue weighted by molar-refractivity contribution is 0.0112. The molecule has 26 heavy (non-hydrogen) atoms. The Hall–Kier alpha value is -2.04. The van der Waals surface area contributed by atoms with Crippen LogP contribution in [0.5, 0.6) is 11.5 Å². The van der Waals surface area contributed by atoms with Gasteiger partial charge in [-0.1, -0.05) is 30.3 Å². The van der Waals surface area contributed by atoms with E-state index in [-0.39, 0.29) is 0 Å². The van der Waals surface area contributed by atoms with Crippen LogP contribution in [-0.2, 0) is 6.54 Å². The summed E-state index contributed by atoms with van der Waals surface area (Å²) in [5.41, 5.74) is 2.57. The van der Waals surface area contributed by atoms with E-state index in [0.29, 0.717) is 12.1 Å². The first-order valence-electron chi connectivity index (χ1n) is 9.53. The molecular weight excluding hydrogens is 324 g/mol. The third-order valence-electron chi connectivity index (χ3n) is 5.97. The molecular formula is C22H28N2O2. The normalized spacial score (nSPS) is 27.3. The fraction of sp³-hybridized carbons (Fsp3) is 0.455. The number of fused-ring (bicyclic) bond motifs is 3. The molecule has 0 amide bonds. The number of methoxy groups -OCH3 is 2. The fourth-order valence-electron chi connectivity index (χ4n) is 4.64. The summed E-state index contributed by atoms with van der Waals surface area (Å²) >= 11 is 0. The lowest BCUT2D eigenvalue weighted by Gasteiger charge is -2.51. The SMILES string of the molecule is COc1ccc(OC)c(CNC2C3CCN(CC3)C2c2ccccc2)c1. The van der Waals surface area contributed by atoms with E-state index >= 15 is 0 Å². The number of nitrogens with one attached hydrogen (secondary N) is 1. The molecule has 4 heteroatoms. The van der Waals surface area contributed by atoms with Gasteiger partial charge >= 0.3 is 0 Å². The molecule has 138 valence electrons. The van der Waals surface area contributed by atoms with Crippen LogP contribution in [0.15, 0.2) is 48.5 Å². The first-order chi connectivity index (χ1) is 12.8. The van der Waals surface area contributed by atoms with Crippen molar-refractivity contribution in [3.8, 4) is 11.5 Å². The first kappa shape index (κ1) is 17.4. The standard InChI is InChI=1S/C22H28N2O2/c1-25-19-8-9-20(26-2)18(14-19)15-23-21-16-10-12-24(13-11-16)22(21)17-6-4-3-5-7-17/h3-9,14,16,21-23H,10-13,15H2,1-2H3. The van der Waals surface area contributed by atoms with E-state index in [1.54, 1.807) is 14.2 Å². The van der Waals surface area contributed by atoms with Gasteiger partial charge in [-0.05, 0) is 55.6 Å². The highest BCUT2D eigenvalue weighted by Crippen LogP contribution is 2.41. The predicted molar refractivity (Wildman–Crippen MR) is 104 cm³/mol. The molecule has 2 atom stereocenters. The van der Waals surface area contributed by atoms with Crippen LogP contribution in [0.4, 0.5) is 0 Å². The van der Waals surface area contributed by atoms with Crippen molar-refractivity contribution in [3.63, 3.8) is 0 Å². The number of benzene rings is 2. The van der Waals surface area contributed by atoms with E-state index in [4.69, 9.17) is 9.47 Å². The predicted octanol–water partition coefficient (Wildman–Crippen LogP) is 3.63. The molecule has 2 aromatic rings. The molecule has 2 unspecified atom stereocenters. The van der Waals surface area contributed by atoms with Crippen LogP contribution in [0.25, 0.3) is 0 Å². The molecule has 3 aliphatic rings. The van der Waals surface area contributed by atoms with E-state index < -0.39 is 0 Å². The second-order valence-electron chi connectivity index (χ2n) is 7.31. The molecule has 2 aromatic carbocycles. The van der Waals surface area contributed by atoms with Crippen LogP contribution in [0.3, 0.4) is 0 Å². The van der Waals surface area contributed by atoms with Crippen molar-refractivity contribution in [2.24, 2.45) is 5.92 Å². The van der Waals surface area contributed by atoms with Gasteiger partial charge in [-0.25, -0.2) is 0 Å². The van der Waals surface area contributed by atoms with Gasteiger partial charge in [-0.15, -0.1) is 0 Å². The Kier molecular flexibility index (Phi) is 5.14. The van der Waals surface area contributed by atoms with Crippen LogP contribution in [0.1, 0.15) is 30.0 Å². The van der Waals surface area contributed by atoms with E-state index in [0.717, 1.165) is 29.5 Å². The minimum Gasteiger partial charge on any atom is -0.497 e. The van der Waals surface area contributed by atoms with Crippen molar-refractivity contribution in [1.82, 2.24) is 10.2 Å². The summed E-state index contributed by atoms with van der Waals surface area (Å²) in [6, 6.07) is 17.9. The molecule has 0 radical (unpaired) electrons. The molecule has 0 aromatic heterocycles. The molecule has 3 aliphatic heterocycles. The summed E-state index contributed by atoms with van der Waals surface area (Å²) in [5, 5.41) is 3.87. The molecule has 0 saturated carbocycles. The fourth-order valence-corrected chi connectivity index (χ4v) is 4.64.